The third-order valence-electron chi connectivity index (χ3n) is 3.12. The molecule has 5 heteroatoms. The number of β-amino-alcohol motifs (C(OH)–C–C–N with tert-alkyl or cyclic N) is 1. The van der Waals surface area contributed by atoms with E-state index < -0.39 is 0 Å². The summed E-state index contributed by atoms with van der Waals surface area (Å²) in [5.41, 5.74) is 5.42. The van der Waals surface area contributed by atoms with Gasteiger partial charge in [-0.15, -0.1) is 0 Å². The zero-order chi connectivity index (χ0) is 13.1. The Hall–Kier alpha value is -0.200. The SMILES string of the molecule is CO.NCCCCCCN1CC(O)CC1CO. The van der Waals surface area contributed by atoms with E-state index in [0.717, 1.165) is 46.0 Å². The van der Waals surface area contributed by atoms with Gasteiger partial charge in [-0.3, -0.25) is 4.90 Å². The van der Waals surface area contributed by atoms with Gasteiger partial charge in [0.25, 0.3) is 0 Å². The molecule has 1 heterocycles. The molecule has 0 spiro atoms. The van der Waals surface area contributed by atoms with Gasteiger partial charge in [-0.05, 0) is 32.4 Å². The van der Waals surface area contributed by atoms with Gasteiger partial charge in [0.2, 0.25) is 0 Å². The van der Waals surface area contributed by atoms with Crippen LogP contribution in [0.2, 0.25) is 0 Å². The second-order valence-corrected chi connectivity index (χ2v) is 4.42. The van der Waals surface area contributed by atoms with E-state index in [0.29, 0.717) is 0 Å². The normalized spacial score (nSPS) is 24.5. The van der Waals surface area contributed by atoms with E-state index in [9.17, 15) is 5.11 Å². The van der Waals surface area contributed by atoms with Crippen molar-refractivity contribution in [1.82, 2.24) is 4.90 Å². The van der Waals surface area contributed by atoms with Gasteiger partial charge in [0.15, 0.2) is 0 Å². The maximum atomic E-state index is 9.47. The van der Waals surface area contributed by atoms with Crippen LogP contribution in [0, 0.1) is 0 Å². The molecule has 1 aliphatic rings. The van der Waals surface area contributed by atoms with Gasteiger partial charge >= 0.3 is 0 Å². The van der Waals surface area contributed by atoms with Crippen LogP contribution in [-0.2, 0) is 0 Å². The number of nitrogens with zero attached hydrogens (tertiary/aromatic N) is 1. The summed E-state index contributed by atoms with van der Waals surface area (Å²) >= 11 is 0. The molecule has 0 aromatic heterocycles. The molecule has 0 aromatic carbocycles. The highest BCUT2D eigenvalue weighted by atomic mass is 16.3. The van der Waals surface area contributed by atoms with E-state index in [1.807, 2.05) is 0 Å². The monoisotopic (exact) mass is 248 g/mol. The van der Waals surface area contributed by atoms with Crippen molar-refractivity contribution in [2.45, 2.75) is 44.2 Å². The lowest BCUT2D eigenvalue weighted by atomic mass is 10.1. The van der Waals surface area contributed by atoms with Gasteiger partial charge in [0.1, 0.15) is 0 Å². The summed E-state index contributed by atoms with van der Waals surface area (Å²) in [5, 5.41) is 25.6. The summed E-state index contributed by atoms with van der Waals surface area (Å²) in [6, 6.07) is 0.175. The van der Waals surface area contributed by atoms with E-state index in [1.54, 1.807) is 0 Å². The van der Waals surface area contributed by atoms with Gasteiger partial charge in [-0.25, -0.2) is 0 Å². The molecule has 0 amide bonds. The summed E-state index contributed by atoms with van der Waals surface area (Å²) < 4.78 is 0. The number of hydrogen-bond acceptors (Lipinski definition) is 5. The third kappa shape index (κ3) is 6.95. The molecule has 0 saturated carbocycles. The number of hydrogen-bond donors (Lipinski definition) is 4. The summed E-state index contributed by atoms with van der Waals surface area (Å²) in [6.45, 7) is 2.66. The standard InChI is InChI=1S/C11H24N2O2.CH4O/c12-5-3-1-2-4-6-13-8-11(15)7-10(13)9-14;1-2/h10-11,14-15H,1-9,12H2;2H,1H3. The second kappa shape index (κ2) is 10.9. The van der Waals surface area contributed by atoms with Crippen molar-refractivity contribution < 1.29 is 15.3 Å². The number of rotatable bonds is 7. The van der Waals surface area contributed by atoms with Crippen LogP contribution in [0.3, 0.4) is 0 Å². The Morgan fingerprint density at radius 1 is 1.18 bits per heavy atom. The Morgan fingerprint density at radius 2 is 1.82 bits per heavy atom. The minimum Gasteiger partial charge on any atom is -0.400 e. The van der Waals surface area contributed by atoms with Gasteiger partial charge in [0, 0.05) is 19.7 Å². The highest BCUT2D eigenvalue weighted by molar-refractivity contribution is 4.84. The molecular weight excluding hydrogens is 220 g/mol. The van der Waals surface area contributed by atoms with Crippen molar-refractivity contribution in [3.05, 3.63) is 0 Å². The minimum atomic E-state index is -0.244. The molecule has 2 unspecified atom stereocenters. The van der Waals surface area contributed by atoms with Gasteiger partial charge < -0.3 is 21.1 Å². The fourth-order valence-corrected chi connectivity index (χ4v) is 2.23. The lowest BCUT2D eigenvalue weighted by molar-refractivity contribution is 0.153. The first-order chi connectivity index (χ1) is 8.27. The Bertz CT molecular complexity index is 170. The van der Waals surface area contributed by atoms with Crippen LogP contribution in [0.4, 0.5) is 0 Å². The average Bonchev–Trinajstić information content (AvgIpc) is 2.72. The number of aliphatic hydroxyl groups is 3. The predicted molar refractivity (Wildman–Crippen MR) is 68.7 cm³/mol. The van der Waals surface area contributed by atoms with Crippen molar-refractivity contribution >= 4 is 0 Å². The molecule has 104 valence electrons. The van der Waals surface area contributed by atoms with Crippen molar-refractivity contribution in [1.29, 1.82) is 0 Å². The molecule has 1 fully saturated rings. The highest BCUT2D eigenvalue weighted by Crippen LogP contribution is 2.18. The van der Waals surface area contributed by atoms with Crippen LogP contribution in [0.5, 0.6) is 0 Å². The molecule has 1 aliphatic heterocycles. The molecule has 1 rings (SSSR count). The highest BCUT2D eigenvalue weighted by Gasteiger charge is 2.29. The number of likely N-dealkylation sites (tertiary alicyclic amines) is 1. The fourth-order valence-electron chi connectivity index (χ4n) is 2.23. The van der Waals surface area contributed by atoms with E-state index in [4.69, 9.17) is 15.9 Å². The molecule has 5 nitrogen and oxygen atoms in total. The van der Waals surface area contributed by atoms with Crippen LogP contribution in [0.15, 0.2) is 0 Å². The van der Waals surface area contributed by atoms with Crippen molar-refractivity contribution in [2.75, 3.05) is 33.4 Å². The van der Waals surface area contributed by atoms with E-state index in [2.05, 4.69) is 4.90 Å². The first kappa shape index (κ1) is 16.8. The molecule has 5 N–H and O–H groups in total. The molecule has 0 radical (unpaired) electrons. The van der Waals surface area contributed by atoms with Gasteiger partial charge in [-0.2, -0.15) is 0 Å². The molecule has 1 saturated heterocycles. The van der Waals surface area contributed by atoms with Gasteiger partial charge in [0.05, 0.1) is 12.7 Å². The molecule has 0 aromatic rings. The first-order valence-electron chi connectivity index (χ1n) is 6.45. The van der Waals surface area contributed by atoms with Crippen LogP contribution in [0.25, 0.3) is 0 Å². The van der Waals surface area contributed by atoms with Gasteiger partial charge in [-0.1, -0.05) is 12.8 Å². The third-order valence-corrected chi connectivity index (χ3v) is 3.12. The average molecular weight is 248 g/mol. The fraction of sp³-hybridized carbons (Fsp3) is 1.00. The van der Waals surface area contributed by atoms with E-state index in [1.165, 1.54) is 12.8 Å². The molecule has 0 aliphatic carbocycles. The van der Waals surface area contributed by atoms with Crippen LogP contribution in [-0.4, -0.2) is 65.7 Å². The van der Waals surface area contributed by atoms with Crippen LogP contribution < -0.4 is 5.73 Å². The van der Waals surface area contributed by atoms with Crippen LogP contribution in [0.1, 0.15) is 32.1 Å². The molecular formula is C12H28N2O3. The lowest BCUT2D eigenvalue weighted by Gasteiger charge is -2.21. The van der Waals surface area contributed by atoms with E-state index >= 15 is 0 Å². The molecule has 17 heavy (non-hydrogen) atoms. The Kier molecular flexibility index (Phi) is 10.8. The number of aliphatic hydroxyl groups excluding tert-OH is 3. The zero-order valence-electron chi connectivity index (χ0n) is 10.9. The predicted octanol–water partition coefficient (Wildman–Crippen LogP) is -0.459. The Labute approximate surface area is 104 Å². The quantitative estimate of drug-likeness (QED) is 0.458. The Balaban J connectivity index is 0.00000121. The number of nitrogens with two attached hydrogens (primary N) is 1. The maximum absolute atomic E-state index is 9.47. The second-order valence-electron chi connectivity index (χ2n) is 4.42. The van der Waals surface area contributed by atoms with Crippen molar-refractivity contribution in [3.8, 4) is 0 Å². The molecule has 0 bridgehead atoms. The lowest BCUT2D eigenvalue weighted by Crippen LogP contribution is -2.33. The van der Waals surface area contributed by atoms with Crippen LogP contribution >= 0.6 is 0 Å². The first-order valence-corrected chi connectivity index (χ1v) is 6.45. The smallest absolute Gasteiger partial charge is 0.0683 e. The summed E-state index contributed by atoms with van der Waals surface area (Å²) in [6.07, 6.45) is 5.11. The largest absolute Gasteiger partial charge is 0.400 e. The topological polar surface area (TPSA) is 90.0 Å². The summed E-state index contributed by atoms with van der Waals surface area (Å²) in [5.74, 6) is 0. The van der Waals surface area contributed by atoms with Crippen molar-refractivity contribution in [3.63, 3.8) is 0 Å². The minimum absolute atomic E-state index is 0.167. The zero-order valence-corrected chi connectivity index (χ0v) is 10.9. The maximum Gasteiger partial charge on any atom is 0.0683 e. The Morgan fingerprint density at radius 3 is 2.41 bits per heavy atom. The van der Waals surface area contributed by atoms with E-state index in [-0.39, 0.29) is 18.8 Å². The summed E-state index contributed by atoms with van der Waals surface area (Å²) in [7, 11) is 1.00. The molecule has 2 atom stereocenters. The van der Waals surface area contributed by atoms with Crippen molar-refractivity contribution in [2.24, 2.45) is 5.73 Å². The summed E-state index contributed by atoms with van der Waals surface area (Å²) in [4.78, 5) is 2.20. The number of unbranched alkanes of at least 4 members (excludes halogenated alkanes) is 3.